The fraction of sp³-hybridized carbons (Fsp3) is 0.217. The Hall–Kier alpha value is -2.57. The third-order valence-corrected chi connectivity index (χ3v) is 7.41. The van der Waals surface area contributed by atoms with Gasteiger partial charge in [-0.05, 0) is 29.8 Å². The van der Waals surface area contributed by atoms with Crippen molar-refractivity contribution in [2.24, 2.45) is 0 Å². The molecule has 29 heavy (non-hydrogen) atoms. The molecule has 0 bridgehead atoms. The van der Waals surface area contributed by atoms with Crippen molar-refractivity contribution in [2.45, 2.75) is 18.3 Å². The van der Waals surface area contributed by atoms with Gasteiger partial charge in [-0.15, -0.1) is 23.1 Å². The van der Waals surface area contributed by atoms with E-state index in [2.05, 4.69) is 46.1 Å². The number of fused-ring (bicyclic) bond motifs is 2. The zero-order valence-corrected chi connectivity index (χ0v) is 17.5. The Kier molecular flexibility index (Phi) is 5.12. The predicted octanol–water partition coefficient (Wildman–Crippen LogP) is 4.96. The van der Waals surface area contributed by atoms with E-state index in [1.165, 1.54) is 10.4 Å². The first-order valence-corrected chi connectivity index (χ1v) is 11.7. The molecule has 6 heteroatoms. The van der Waals surface area contributed by atoms with Crippen molar-refractivity contribution >= 4 is 39.2 Å². The number of nitrogens with zero attached hydrogens (tertiary/aromatic N) is 3. The SMILES string of the molecule is O=C(CSCc1nc2ccccc2s1)N1CCn2cccc2C1c1ccccc1. The van der Waals surface area contributed by atoms with Gasteiger partial charge in [0.25, 0.3) is 0 Å². The van der Waals surface area contributed by atoms with Crippen LogP contribution in [-0.4, -0.2) is 32.7 Å². The Bertz CT molecular complexity index is 1100. The standard InChI is InChI=1S/C23H21N3OS2/c27-22(16-28-15-21-24-18-9-4-5-11-20(18)29-21)26-14-13-25-12-6-10-19(25)23(26)17-7-2-1-3-8-17/h1-12,23H,13-16H2. The summed E-state index contributed by atoms with van der Waals surface area (Å²) in [5, 5.41) is 1.08. The molecule has 146 valence electrons. The molecule has 0 radical (unpaired) electrons. The van der Waals surface area contributed by atoms with Crippen LogP contribution in [0.25, 0.3) is 10.2 Å². The highest BCUT2D eigenvalue weighted by molar-refractivity contribution is 7.99. The number of para-hydroxylation sites is 1. The molecule has 3 heterocycles. The van der Waals surface area contributed by atoms with Crippen molar-refractivity contribution in [2.75, 3.05) is 12.3 Å². The van der Waals surface area contributed by atoms with Crippen LogP contribution in [-0.2, 0) is 17.1 Å². The van der Waals surface area contributed by atoms with Gasteiger partial charge in [-0.1, -0.05) is 42.5 Å². The highest BCUT2D eigenvalue weighted by Crippen LogP contribution is 2.33. The maximum absolute atomic E-state index is 13.2. The number of rotatable bonds is 5. The minimum absolute atomic E-state index is 0.0181. The lowest BCUT2D eigenvalue weighted by molar-refractivity contribution is -0.131. The summed E-state index contributed by atoms with van der Waals surface area (Å²) >= 11 is 3.37. The van der Waals surface area contributed by atoms with Crippen molar-refractivity contribution in [1.29, 1.82) is 0 Å². The Morgan fingerprint density at radius 3 is 2.72 bits per heavy atom. The maximum atomic E-state index is 13.2. The molecule has 0 N–H and O–H groups in total. The molecule has 4 nitrogen and oxygen atoms in total. The molecule has 1 atom stereocenters. The molecule has 1 aliphatic heterocycles. The van der Waals surface area contributed by atoms with Gasteiger partial charge < -0.3 is 9.47 Å². The third-order valence-electron chi connectivity index (χ3n) is 5.26. The van der Waals surface area contributed by atoms with Gasteiger partial charge in [0.15, 0.2) is 0 Å². The van der Waals surface area contributed by atoms with Crippen LogP contribution in [0.4, 0.5) is 0 Å². The van der Waals surface area contributed by atoms with Gasteiger partial charge >= 0.3 is 0 Å². The van der Waals surface area contributed by atoms with Crippen molar-refractivity contribution < 1.29 is 4.79 Å². The highest BCUT2D eigenvalue weighted by atomic mass is 32.2. The third kappa shape index (κ3) is 3.70. The molecule has 1 aliphatic rings. The molecular formula is C23H21N3OS2. The second-order valence-electron chi connectivity index (χ2n) is 7.09. The number of carbonyl (C=O) groups is 1. The first kappa shape index (κ1) is 18.5. The second-order valence-corrected chi connectivity index (χ2v) is 9.20. The Balaban J connectivity index is 1.30. The summed E-state index contributed by atoms with van der Waals surface area (Å²) in [4.78, 5) is 19.9. The van der Waals surface area contributed by atoms with Crippen LogP contribution in [0, 0.1) is 0 Å². The summed E-state index contributed by atoms with van der Waals surface area (Å²) in [7, 11) is 0. The minimum Gasteiger partial charge on any atom is -0.348 e. The topological polar surface area (TPSA) is 38.1 Å². The smallest absolute Gasteiger partial charge is 0.233 e. The van der Waals surface area contributed by atoms with E-state index in [0.717, 1.165) is 34.9 Å². The second kappa shape index (κ2) is 8.05. The first-order chi connectivity index (χ1) is 14.3. The van der Waals surface area contributed by atoms with Crippen LogP contribution in [0.1, 0.15) is 22.3 Å². The molecule has 5 rings (SSSR count). The maximum Gasteiger partial charge on any atom is 0.233 e. The van der Waals surface area contributed by atoms with Crippen molar-refractivity contribution in [1.82, 2.24) is 14.5 Å². The summed E-state index contributed by atoms with van der Waals surface area (Å²) in [5.41, 5.74) is 3.39. The monoisotopic (exact) mass is 419 g/mol. The summed E-state index contributed by atoms with van der Waals surface area (Å²) in [6, 6.07) is 22.7. The number of carbonyl (C=O) groups excluding carboxylic acids is 1. The number of aromatic nitrogens is 2. The molecule has 1 amide bonds. The van der Waals surface area contributed by atoms with Crippen LogP contribution in [0.2, 0.25) is 0 Å². The summed E-state index contributed by atoms with van der Waals surface area (Å²) in [5.74, 6) is 1.43. The van der Waals surface area contributed by atoms with E-state index in [9.17, 15) is 4.79 Å². The van der Waals surface area contributed by atoms with E-state index in [4.69, 9.17) is 0 Å². The molecule has 2 aromatic heterocycles. The molecule has 0 fully saturated rings. The van der Waals surface area contributed by atoms with Crippen LogP contribution in [0.3, 0.4) is 0 Å². The lowest BCUT2D eigenvalue weighted by atomic mass is 10.00. The number of hydrogen-bond donors (Lipinski definition) is 0. The Labute approximate surface area is 178 Å². The van der Waals surface area contributed by atoms with Gasteiger partial charge in [-0.3, -0.25) is 4.79 Å². The number of amides is 1. The lowest BCUT2D eigenvalue weighted by Gasteiger charge is -2.37. The van der Waals surface area contributed by atoms with Gasteiger partial charge in [0, 0.05) is 30.7 Å². The summed E-state index contributed by atoms with van der Waals surface area (Å²) < 4.78 is 3.46. The highest BCUT2D eigenvalue weighted by Gasteiger charge is 2.31. The number of thiazole rings is 1. The largest absolute Gasteiger partial charge is 0.348 e. The van der Waals surface area contributed by atoms with E-state index in [0.29, 0.717) is 5.75 Å². The van der Waals surface area contributed by atoms with Crippen molar-refractivity contribution in [3.63, 3.8) is 0 Å². The average Bonchev–Trinajstić information content (AvgIpc) is 3.40. The molecule has 2 aromatic carbocycles. The number of thioether (sulfide) groups is 1. The van der Waals surface area contributed by atoms with Gasteiger partial charge in [-0.2, -0.15) is 0 Å². The number of benzene rings is 2. The molecule has 1 unspecified atom stereocenters. The molecule has 4 aromatic rings. The van der Waals surface area contributed by atoms with Crippen LogP contribution < -0.4 is 0 Å². The van der Waals surface area contributed by atoms with Crippen LogP contribution >= 0.6 is 23.1 Å². The van der Waals surface area contributed by atoms with Crippen LogP contribution in [0.15, 0.2) is 72.9 Å². The Morgan fingerprint density at radius 1 is 1.03 bits per heavy atom. The van der Waals surface area contributed by atoms with Gasteiger partial charge in [-0.25, -0.2) is 4.98 Å². The van der Waals surface area contributed by atoms with Crippen LogP contribution in [0.5, 0.6) is 0 Å². The molecule has 0 aliphatic carbocycles. The van der Waals surface area contributed by atoms with Crippen molar-refractivity contribution in [3.8, 4) is 0 Å². The van der Waals surface area contributed by atoms with E-state index in [-0.39, 0.29) is 11.9 Å². The molecule has 0 saturated carbocycles. The molecular weight excluding hydrogens is 398 g/mol. The normalized spacial score (nSPS) is 16.1. The van der Waals surface area contributed by atoms with E-state index >= 15 is 0 Å². The predicted molar refractivity (Wildman–Crippen MR) is 120 cm³/mol. The van der Waals surface area contributed by atoms with E-state index in [1.54, 1.807) is 23.1 Å². The van der Waals surface area contributed by atoms with Crippen molar-refractivity contribution in [3.05, 3.63) is 89.2 Å². The molecule has 0 spiro atoms. The van der Waals surface area contributed by atoms with E-state index in [1.807, 2.05) is 41.3 Å². The lowest BCUT2D eigenvalue weighted by Crippen LogP contribution is -2.43. The zero-order chi connectivity index (χ0) is 19.6. The zero-order valence-electron chi connectivity index (χ0n) is 15.9. The average molecular weight is 420 g/mol. The minimum atomic E-state index is -0.0181. The summed E-state index contributed by atoms with van der Waals surface area (Å²) in [6.07, 6.45) is 2.11. The quantitative estimate of drug-likeness (QED) is 0.459. The van der Waals surface area contributed by atoms with Gasteiger partial charge in [0.1, 0.15) is 5.01 Å². The fourth-order valence-electron chi connectivity index (χ4n) is 3.93. The van der Waals surface area contributed by atoms with Gasteiger partial charge in [0.2, 0.25) is 5.91 Å². The fourth-order valence-corrected chi connectivity index (χ4v) is 5.86. The summed E-state index contributed by atoms with van der Waals surface area (Å²) in [6.45, 7) is 1.59. The number of hydrogen-bond acceptors (Lipinski definition) is 4. The van der Waals surface area contributed by atoms with E-state index < -0.39 is 0 Å². The van der Waals surface area contributed by atoms with Gasteiger partial charge in [0.05, 0.1) is 22.0 Å². The molecule has 0 saturated heterocycles. The Morgan fingerprint density at radius 2 is 1.86 bits per heavy atom. The first-order valence-electron chi connectivity index (χ1n) is 9.71.